The van der Waals surface area contributed by atoms with Gasteiger partial charge in [0.2, 0.25) is 0 Å². The summed E-state index contributed by atoms with van der Waals surface area (Å²) in [5.74, 6) is 0.275. The maximum Gasteiger partial charge on any atom is 0.151 e. The van der Waals surface area contributed by atoms with E-state index in [0.717, 1.165) is 0 Å². The Labute approximate surface area is 91.9 Å². The van der Waals surface area contributed by atoms with Crippen LogP contribution in [0, 0.1) is 13.8 Å². The maximum absolute atomic E-state index is 11.7. The average molecular weight is 205 g/mol. The molecule has 0 spiro atoms. The monoisotopic (exact) mass is 205 g/mol. The van der Waals surface area contributed by atoms with Crippen LogP contribution in [0.15, 0.2) is 18.2 Å². The number of nitrogens with zero attached hydrogens (tertiary/aromatic N) is 1. The number of carbonyl (C=O) groups is 1. The molecule has 0 aliphatic carbocycles. The van der Waals surface area contributed by atoms with Crippen molar-refractivity contribution in [3.63, 3.8) is 0 Å². The lowest BCUT2D eigenvalue weighted by molar-refractivity contribution is -0.119. The van der Waals surface area contributed by atoms with E-state index in [1.165, 1.54) is 16.7 Å². The van der Waals surface area contributed by atoms with Gasteiger partial charge in [0, 0.05) is 6.42 Å². The van der Waals surface area contributed by atoms with Crippen LogP contribution in [0.3, 0.4) is 0 Å². The Balaban J connectivity index is 2.76. The van der Waals surface area contributed by atoms with Gasteiger partial charge in [0.05, 0.1) is 6.54 Å². The first-order valence-corrected chi connectivity index (χ1v) is 5.22. The number of rotatable bonds is 4. The van der Waals surface area contributed by atoms with Crippen molar-refractivity contribution >= 4 is 5.78 Å². The predicted molar refractivity (Wildman–Crippen MR) is 63.2 cm³/mol. The van der Waals surface area contributed by atoms with E-state index in [9.17, 15) is 4.79 Å². The van der Waals surface area contributed by atoms with Gasteiger partial charge in [-0.3, -0.25) is 4.79 Å². The van der Waals surface area contributed by atoms with Crippen molar-refractivity contribution in [2.75, 3.05) is 20.6 Å². The van der Waals surface area contributed by atoms with Crippen LogP contribution in [0.25, 0.3) is 0 Å². The third-order valence-electron chi connectivity index (χ3n) is 2.51. The highest BCUT2D eigenvalue weighted by molar-refractivity contribution is 5.83. The Morgan fingerprint density at radius 1 is 1.20 bits per heavy atom. The Morgan fingerprint density at radius 2 is 1.73 bits per heavy atom. The fourth-order valence-electron chi connectivity index (χ4n) is 1.73. The number of hydrogen-bond acceptors (Lipinski definition) is 2. The lowest BCUT2D eigenvalue weighted by Gasteiger charge is -2.11. The van der Waals surface area contributed by atoms with Gasteiger partial charge in [0.15, 0.2) is 5.78 Å². The summed E-state index contributed by atoms with van der Waals surface area (Å²) in [6, 6.07) is 6.15. The smallest absolute Gasteiger partial charge is 0.151 e. The molecular weight excluding hydrogens is 186 g/mol. The molecule has 2 heteroatoms. The van der Waals surface area contributed by atoms with E-state index in [4.69, 9.17) is 0 Å². The topological polar surface area (TPSA) is 20.3 Å². The third-order valence-corrected chi connectivity index (χ3v) is 2.51. The fraction of sp³-hybridized carbons (Fsp3) is 0.462. The van der Waals surface area contributed by atoms with E-state index in [2.05, 4.69) is 26.0 Å². The predicted octanol–water partition coefficient (Wildman–Crippen LogP) is 1.98. The van der Waals surface area contributed by atoms with Crippen molar-refractivity contribution in [3.05, 3.63) is 34.9 Å². The van der Waals surface area contributed by atoms with Gasteiger partial charge in [0.1, 0.15) is 0 Å². The van der Waals surface area contributed by atoms with E-state index in [0.29, 0.717) is 13.0 Å². The molecule has 2 nitrogen and oxygen atoms in total. The molecule has 82 valence electrons. The summed E-state index contributed by atoms with van der Waals surface area (Å²) < 4.78 is 0. The van der Waals surface area contributed by atoms with Gasteiger partial charge in [-0.15, -0.1) is 0 Å². The Hall–Kier alpha value is -1.15. The zero-order valence-electron chi connectivity index (χ0n) is 10.0. The summed E-state index contributed by atoms with van der Waals surface area (Å²) in [5.41, 5.74) is 3.61. The second kappa shape index (κ2) is 5.08. The average Bonchev–Trinajstić information content (AvgIpc) is 2.10. The summed E-state index contributed by atoms with van der Waals surface area (Å²) in [6.45, 7) is 4.64. The minimum atomic E-state index is 0.275. The molecule has 1 aromatic carbocycles. The molecule has 0 atom stereocenters. The van der Waals surface area contributed by atoms with E-state index in [1.807, 2.05) is 25.1 Å². The largest absolute Gasteiger partial charge is 0.302 e. The van der Waals surface area contributed by atoms with Crippen molar-refractivity contribution in [3.8, 4) is 0 Å². The van der Waals surface area contributed by atoms with Gasteiger partial charge < -0.3 is 4.90 Å². The zero-order chi connectivity index (χ0) is 11.4. The number of hydrogen-bond donors (Lipinski definition) is 0. The summed E-state index contributed by atoms with van der Waals surface area (Å²) in [6.07, 6.45) is 0.552. The summed E-state index contributed by atoms with van der Waals surface area (Å²) in [4.78, 5) is 13.6. The molecule has 0 aliphatic rings. The van der Waals surface area contributed by atoms with Crippen LogP contribution >= 0.6 is 0 Å². The standard InChI is InChI=1S/C13H19NO/c1-10-6-5-7-11(2)13(10)8-12(15)9-14(3)4/h5-7H,8-9H2,1-4H3. The molecule has 0 radical (unpaired) electrons. The number of benzene rings is 1. The highest BCUT2D eigenvalue weighted by atomic mass is 16.1. The van der Waals surface area contributed by atoms with Crippen molar-refractivity contribution in [2.45, 2.75) is 20.3 Å². The van der Waals surface area contributed by atoms with Gasteiger partial charge in [-0.25, -0.2) is 0 Å². The van der Waals surface area contributed by atoms with Gasteiger partial charge in [0.25, 0.3) is 0 Å². The van der Waals surface area contributed by atoms with Crippen LogP contribution in [0.2, 0.25) is 0 Å². The summed E-state index contributed by atoms with van der Waals surface area (Å²) >= 11 is 0. The molecule has 1 rings (SSSR count). The van der Waals surface area contributed by atoms with Crippen LogP contribution in [0.1, 0.15) is 16.7 Å². The maximum atomic E-state index is 11.7. The molecule has 0 amide bonds. The zero-order valence-corrected chi connectivity index (χ0v) is 10.0. The molecule has 0 saturated carbocycles. The summed E-state index contributed by atoms with van der Waals surface area (Å²) in [7, 11) is 3.84. The molecule has 0 aliphatic heterocycles. The van der Waals surface area contributed by atoms with Crippen LogP contribution in [0.5, 0.6) is 0 Å². The second-order valence-electron chi connectivity index (χ2n) is 4.32. The molecule has 15 heavy (non-hydrogen) atoms. The normalized spacial score (nSPS) is 10.7. The summed E-state index contributed by atoms with van der Waals surface area (Å²) in [5, 5.41) is 0. The van der Waals surface area contributed by atoms with Crippen LogP contribution in [-0.4, -0.2) is 31.3 Å². The molecule has 0 saturated heterocycles. The number of aryl methyl sites for hydroxylation is 2. The molecular formula is C13H19NO. The molecule has 0 unspecified atom stereocenters. The second-order valence-corrected chi connectivity index (χ2v) is 4.32. The Bertz CT molecular complexity index is 335. The lowest BCUT2D eigenvalue weighted by atomic mass is 9.98. The highest BCUT2D eigenvalue weighted by Crippen LogP contribution is 2.14. The molecule has 0 heterocycles. The van der Waals surface area contributed by atoms with Gasteiger partial charge in [-0.05, 0) is 44.6 Å². The van der Waals surface area contributed by atoms with E-state index in [1.54, 1.807) is 0 Å². The Kier molecular flexibility index (Phi) is 4.04. The SMILES string of the molecule is Cc1cccc(C)c1CC(=O)CN(C)C. The lowest BCUT2D eigenvalue weighted by Crippen LogP contribution is -2.23. The van der Waals surface area contributed by atoms with Gasteiger partial charge >= 0.3 is 0 Å². The first kappa shape index (κ1) is 11.9. The Morgan fingerprint density at radius 3 is 2.20 bits per heavy atom. The third kappa shape index (κ3) is 3.48. The van der Waals surface area contributed by atoms with Gasteiger partial charge in [-0.2, -0.15) is 0 Å². The van der Waals surface area contributed by atoms with Crippen LogP contribution in [0.4, 0.5) is 0 Å². The molecule has 0 bridgehead atoms. The minimum absolute atomic E-state index is 0.275. The first-order chi connectivity index (χ1) is 7.00. The highest BCUT2D eigenvalue weighted by Gasteiger charge is 2.08. The molecule has 0 fully saturated rings. The molecule has 1 aromatic rings. The molecule has 0 aromatic heterocycles. The molecule has 0 N–H and O–H groups in total. The van der Waals surface area contributed by atoms with Crippen molar-refractivity contribution < 1.29 is 4.79 Å². The van der Waals surface area contributed by atoms with E-state index in [-0.39, 0.29) is 5.78 Å². The minimum Gasteiger partial charge on any atom is -0.302 e. The number of Topliss-reactive ketones (excluding diaryl/α,β-unsaturated/α-hetero) is 1. The fourth-order valence-corrected chi connectivity index (χ4v) is 1.73. The quantitative estimate of drug-likeness (QED) is 0.749. The van der Waals surface area contributed by atoms with Crippen LogP contribution in [-0.2, 0) is 11.2 Å². The van der Waals surface area contributed by atoms with E-state index < -0.39 is 0 Å². The first-order valence-electron chi connectivity index (χ1n) is 5.22. The number of ketones is 1. The van der Waals surface area contributed by atoms with E-state index >= 15 is 0 Å². The van der Waals surface area contributed by atoms with Crippen molar-refractivity contribution in [2.24, 2.45) is 0 Å². The van der Waals surface area contributed by atoms with Crippen molar-refractivity contribution in [1.29, 1.82) is 0 Å². The number of likely N-dealkylation sites (N-methyl/N-ethyl adjacent to an activating group) is 1. The van der Waals surface area contributed by atoms with Gasteiger partial charge in [-0.1, -0.05) is 18.2 Å². The van der Waals surface area contributed by atoms with Crippen LogP contribution < -0.4 is 0 Å². The number of carbonyl (C=O) groups excluding carboxylic acids is 1. The van der Waals surface area contributed by atoms with Crippen molar-refractivity contribution in [1.82, 2.24) is 4.90 Å².